The molecular formula is C24H38IN5O. The third-order valence-corrected chi connectivity index (χ3v) is 5.92. The van der Waals surface area contributed by atoms with E-state index < -0.39 is 0 Å². The molecule has 1 atom stereocenters. The molecule has 1 saturated heterocycles. The molecule has 0 radical (unpaired) electrons. The lowest BCUT2D eigenvalue weighted by Crippen LogP contribution is -2.42. The maximum Gasteiger partial charge on any atom is 0.191 e. The van der Waals surface area contributed by atoms with Crippen molar-refractivity contribution in [1.82, 2.24) is 20.4 Å². The van der Waals surface area contributed by atoms with Gasteiger partial charge in [-0.3, -0.25) is 14.8 Å². The monoisotopic (exact) mass is 539 g/mol. The smallest absolute Gasteiger partial charge is 0.191 e. The van der Waals surface area contributed by atoms with Crippen LogP contribution in [-0.2, 0) is 13.1 Å². The van der Waals surface area contributed by atoms with Gasteiger partial charge in [0.05, 0.1) is 12.3 Å². The highest BCUT2D eigenvalue weighted by molar-refractivity contribution is 14.0. The molecule has 0 bridgehead atoms. The number of guanidine groups is 1. The second-order valence-corrected chi connectivity index (χ2v) is 7.86. The van der Waals surface area contributed by atoms with E-state index in [1.807, 2.05) is 13.1 Å². The summed E-state index contributed by atoms with van der Waals surface area (Å²) in [5, 5.41) is 6.93. The van der Waals surface area contributed by atoms with Crippen LogP contribution in [0.25, 0.3) is 0 Å². The van der Waals surface area contributed by atoms with E-state index in [1.54, 1.807) is 6.26 Å². The molecule has 1 aromatic carbocycles. The van der Waals surface area contributed by atoms with E-state index in [9.17, 15) is 0 Å². The molecular weight excluding hydrogens is 501 g/mol. The van der Waals surface area contributed by atoms with Gasteiger partial charge in [-0.05, 0) is 62.3 Å². The number of furan rings is 1. The van der Waals surface area contributed by atoms with E-state index >= 15 is 0 Å². The van der Waals surface area contributed by atoms with Crippen molar-refractivity contribution >= 4 is 29.9 Å². The summed E-state index contributed by atoms with van der Waals surface area (Å²) in [5.41, 5.74) is 2.61. The van der Waals surface area contributed by atoms with Gasteiger partial charge in [0.15, 0.2) is 5.96 Å². The van der Waals surface area contributed by atoms with Crippen LogP contribution in [0, 0.1) is 0 Å². The summed E-state index contributed by atoms with van der Waals surface area (Å²) in [6.07, 6.45) is 4.28. The van der Waals surface area contributed by atoms with Crippen LogP contribution < -0.4 is 10.6 Å². The van der Waals surface area contributed by atoms with E-state index in [4.69, 9.17) is 4.42 Å². The van der Waals surface area contributed by atoms with Crippen molar-refractivity contribution in [3.8, 4) is 0 Å². The van der Waals surface area contributed by atoms with Crippen LogP contribution >= 0.6 is 24.0 Å². The van der Waals surface area contributed by atoms with Gasteiger partial charge in [0.25, 0.3) is 0 Å². The predicted molar refractivity (Wildman–Crippen MR) is 139 cm³/mol. The van der Waals surface area contributed by atoms with E-state index in [0.29, 0.717) is 0 Å². The first-order valence-electron chi connectivity index (χ1n) is 11.3. The van der Waals surface area contributed by atoms with Crippen LogP contribution in [0.15, 0.2) is 52.1 Å². The molecule has 172 valence electrons. The number of rotatable bonds is 10. The first kappa shape index (κ1) is 25.7. The van der Waals surface area contributed by atoms with Gasteiger partial charge in [-0.2, -0.15) is 0 Å². The maximum atomic E-state index is 5.71. The Balaban J connectivity index is 0.00000341. The fourth-order valence-electron chi connectivity index (χ4n) is 4.01. The van der Waals surface area contributed by atoms with Crippen molar-refractivity contribution < 1.29 is 4.42 Å². The minimum atomic E-state index is 0. The van der Waals surface area contributed by atoms with Crippen LogP contribution in [0.5, 0.6) is 0 Å². The fourth-order valence-corrected chi connectivity index (χ4v) is 4.01. The normalized spacial score (nSPS) is 15.7. The highest BCUT2D eigenvalue weighted by Gasteiger charge is 2.25. The Bertz CT molecular complexity index is 753. The summed E-state index contributed by atoms with van der Waals surface area (Å²) in [4.78, 5) is 9.32. The van der Waals surface area contributed by atoms with Gasteiger partial charge in [0.2, 0.25) is 0 Å². The van der Waals surface area contributed by atoms with Gasteiger partial charge in [0, 0.05) is 26.7 Å². The zero-order valence-corrected chi connectivity index (χ0v) is 21.5. The minimum Gasteiger partial charge on any atom is -0.468 e. The van der Waals surface area contributed by atoms with Crippen LogP contribution in [0.3, 0.4) is 0 Å². The summed E-state index contributed by atoms with van der Waals surface area (Å²) >= 11 is 0. The average Bonchev–Trinajstić information content (AvgIpc) is 3.50. The number of benzene rings is 1. The quantitative estimate of drug-likeness (QED) is 0.269. The summed E-state index contributed by atoms with van der Waals surface area (Å²) in [7, 11) is 1.82. The highest BCUT2D eigenvalue weighted by Crippen LogP contribution is 2.24. The standard InChI is InChI=1S/C24H37N5O.HI/c1-4-28(5-2)19-21-12-10-20(11-13-21)17-26-24(25-3)27-18-22(23-9-8-16-30-23)29-14-6-7-15-29;/h8-13,16,22H,4-7,14-15,17-19H2,1-3H3,(H2,25,26,27);1H. The first-order valence-corrected chi connectivity index (χ1v) is 11.3. The molecule has 0 saturated carbocycles. The summed E-state index contributed by atoms with van der Waals surface area (Å²) in [6, 6.07) is 13.1. The van der Waals surface area contributed by atoms with Gasteiger partial charge in [-0.25, -0.2) is 0 Å². The van der Waals surface area contributed by atoms with Gasteiger partial charge < -0.3 is 15.1 Å². The molecule has 7 heteroatoms. The molecule has 0 spiro atoms. The largest absolute Gasteiger partial charge is 0.468 e. The molecule has 1 aliphatic heterocycles. The van der Waals surface area contributed by atoms with Crippen LogP contribution in [-0.4, -0.2) is 55.5 Å². The molecule has 1 aromatic heterocycles. The Hall–Kier alpha value is -1.58. The van der Waals surface area contributed by atoms with Gasteiger partial charge in [-0.1, -0.05) is 38.1 Å². The summed E-state index contributed by atoms with van der Waals surface area (Å²) in [6.45, 7) is 11.4. The molecule has 0 aliphatic carbocycles. The maximum absolute atomic E-state index is 5.71. The first-order chi connectivity index (χ1) is 14.7. The Kier molecular flexibility index (Phi) is 11.4. The lowest BCUT2D eigenvalue weighted by atomic mass is 10.1. The number of halogens is 1. The van der Waals surface area contributed by atoms with Gasteiger partial charge in [0.1, 0.15) is 5.76 Å². The van der Waals surface area contributed by atoms with Crippen molar-refractivity contribution in [2.75, 3.05) is 39.8 Å². The van der Waals surface area contributed by atoms with Crippen molar-refractivity contribution in [1.29, 1.82) is 0 Å². The molecule has 1 fully saturated rings. The van der Waals surface area contributed by atoms with Gasteiger partial charge in [-0.15, -0.1) is 24.0 Å². The molecule has 3 rings (SSSR count). The number of nitrogens with zero attached hydrogens (tertiary/aromatic N) is 3. The SMILES string of the molecule is CCN(CC)Cc1ccc(CNC(=NC)NCC(c2ccco2)N2CCCC2)cc1.I. The molecule has 31 heavy (non-hydrogen) atoms. The molecule has 1 aliphatic rings. The van der Waals surface area contributed by atoms with Crippen LogP contribution in [0.4, 0.5) is 0 Å². The number of likely N-dealkylation sites (tertiary alicyclic amines) is 1. The molecule has 0 amide bonds. The zero-order chi connectivity index (χ0) is 21.2. The van der Waals surface area contributed by atoms with Crippen molar-refractivity contribution in [2.45, 2.75) is 45.8 Å². The Morgan fingerprint density at radius 1 is 1.06 bits per heavy atom. The van der Waals surface area contributed by atoms with Crippen molar-refractivity contribution in [3.05, 3.63) is 59.5 Å². The Morgan fingerprint density at radius 3 is 2.32 bits per heavy atom. The fraction of sp³-hybridized carbons (Fsp3) is 0.542. The lowest BCUT2D eigenvalue weighted by Gasteiger charge is -2.26. The number of aliphatic imine (C=N–C) groups is 1. The second-order valence-electron chi connectivity index (χ2n) is 7.86. The molecule has 6 nitrogen and oxygen atoms in total. The third kappa shape index (κ3) is 7.80. The topological polar surface area (TPSA) is 56.0 Å². The summed E-state index contributed by atoms with van der Waals surface area (Å²) < 4.78 is 5.71. The number of hydrogen-bond donors (Lipinski definition) is 2. The van der Waals surface area contributed by atoms with E-state index in [1.165, 1.54) is 24.0 Å². The van der Waals surface area contributed by atoms with Crippen LogP contribution in [0.1, 0.15) is 49.6 Å². The zero-order valence-electron chi connectivity index (χ0n) is 19.1. The molecule has 2 N–H and O–H groups in total. The van der Waals surface area contributed by atoms with Crippen molar-refractivity contribution in [3.63, 3.8) is 0 Å². The predicted octanol–water partition coefficient (Wildman–Crippen LogP) is 4.24. The van der Waals surface area contributed by atoms with Crippen LogP contribution in [0.2, 0.25) is 0 Å². The van der Waals surface area contributed by atoms with E-state index in [0.717, 1.165) is 57.5 Å². The molecule has 1 unspecified atom stereocenters. The summed E-state index contributed by atoms with van der Waals surface area (Å²) in [5.74, 6) is 1.83. The Morgan fingerprint density at radius 2 is 1.74 bits per heavy atom. The molecule has 2 aromatic rings. The molecule has 2 heterocycles. The third-order valence-electron chi connectivity index (χ3n) is 5.92. The highest BCUT2D eigenvalue weighted by atomic mass is 127. The van der Waals surface area contributed by atoms with E-state index in [2.05, 4.69) is 69.6 Å². The number of nitrogens with one attached hydrogen (secondary N) is 2. The lowest BCUT2D eigenvalue weighted by molar-refractivity contribution is 0.215. The Labute approximate surface area is 204 Å². The van der Waals surface area contributed by atoms with E-state index in [-0.39, 0.29) is 30.0 Å². The number of hydrogen-bond acceptors (Lipinski definition) is 4. The second kappa shape index (κ2) is 13.8. The minimum absolute atomic E-state index is 0. The van der Waals surface area contributed by atoms with Gasteiger partial charge >= 0.3 is 0 Å². The van der Waals surface area contributed by atoms with Crippen molar-refractivity contribution in [2.24, 2.45) is 4.99 Å². The average molecular weight is 540 g/mol.